The van der Waals surface area contributed by atoms with Gasteiger partial charge in [0.25, 0.3) is 5.91 Å². The van der Waals surface area contributed by atoms with Crippen molar-refractivity contribution in [2.75, 3.05) is 5.32 Å². The first-order valence-corrected chi connectivity index (χ1v) is 12.1. The van der Waals surface area contributed by atoms with Gasteiger partial charge >= 0.3 is 5.97 Å². The maximum Gasteiger partial charge on any atom is 0.309 e. The lowest BCUT2D eigenvalue weighted by atomic mass is 9.73. The number of nitrogens with one attached hydrogen (secondary N) is 1. The van der Waals surface area contributed by atoms with Gasteiger partial charge in [0.2, 0.25) is 0 Å². The average Bonchev–Trinajstić information content (AvgIpc) is 3.54. The SMILES string of the molecule is CC1CCCC2OC2CC(C(=O)Nc2ccccc2)OC(=O)CC(O)C(C)(C)C(=O)C(C)C1O. The maximum absolute atomic E-state index is 13.1. The molecule has 3 rings (SSSR count). The van der Waals surface area contributed by atoms with Gasteiger partial charge in [0, 0.05) is 18.0 Å². The molecule has 0 bridgehead atoms. The second-order valence-electron chi connectivity index (χ2n) is 10.3. The molecule has 0 aliphatic carbocycles. The van der Waals surface area contributed by atoms with Crippen LogP contribution in [0.5, 0.6) is 0 Å². The molecule has 2 aliphatic heterocycles. The number of anilines is 1. The number of amides is 1. The summed E-state index contributed by atoms with van der Waals surface area (Å²) in [5.41, 5.74) is -0.694. The van der Waals surface area contributed by atoms with E-state index >= 15 is 0 Å². The van der Waals surface area contributed by atoms with Gasteiger partial charge in [-0.25, -0.2) is 0 Å². The van der Waals surface area contributed by atoms with Crippen LogP contribution < -0.4 is 5.32 Å². The number of ether oxygens (including phenoxy) is 2. The van der Waals surface area contributed by atoms with E-state index in [1.165, 1.54) is 0 Å². The van der Waals surface area contributed by atoms with Crippen molar-refractivity contribution in [3.8, 4) is 0 Å². The molecule has 188 valence electrons. The molecule has 0 aromatic heterocycles. The molecule has 34 heavy (non-hydrogen) atoms. The minimum atomic E-state index is -1.33. The number of esters is 1. The van der Waals surface area contributed by atoms with Crippen LogP contribution in [0.2, 0.25) is 0 Å². The largest absolute Gasteiger partial charge is 0.452 e. The van der Waals surface area contributed by atoms with Gasteiger partial charge in [0.1, 0.15) is 5.78 Å². The van der Waals surface area contributed by atoms with Crippen LogP contribution in [-0.2, 0) is 23.9 Å². The minimum Gasteiger partial charge on any atom is -0.452 e. The number of para-hydroxylation sites is 1. The molecule has 2 heterocycles. The highest BCUT2D eigenvalue weighted by Crippen LogP contribution is 2.35. The molecule has 0 saturated carbocycles. The van der Waals surface area contributed by atoms with E-state index in [1.807, 2.05) is 13.0 Å². The molecule has 2 fully saturated rings. The van der Waals surface area contributed by atoms with Crippen molar-refractivity contribution in [2.45, 2.75) is 90.3 Å². The van der Waals surface area contributed by atoms with E-state index in [0.717, 1.165) is 19.3 Å². The Bertz CT molecular complexity index is 871. The Labute approximate surface area is 201 Å². The van der Waals surface area contributed by atoms with E-state index < -0.39 is 47.9 Å². The molecule has 0 radical (unpaired) electrons. The molecule has 7 unspecified atom stereocenters. The second kappa shape index (κ2) is 11.0. The summed E-state index contributed by atoms with van der Waals surface area (Å²) in [6.45, 7) is 6.69. The number of carbonyl (C=O) groups excluding carboxylic acids is 3. The highest BCUT2D eigenvalue weighted by Gasteiger charge is 2.45. The van der Waals surface area contributed by atoms with E-state index in [1.54, 1.807) is 45.0 Å². The first-order valence-electron chi connectivity index (χ1n) is 12.1. The van der Waals surface area contributed by atoms with E-state index in [-0.39, 0.29) is 30.3 Å². The highest BCUT2D eigenvalue weighted by atomic mass is 16.6. The van der Waals surface area contributed by atoms with Gasteiger partial charge in [0.15, 0.2) is 6.10 Å². The standard InChI is InChI=1S/C26H37NO7/c1-15-9-8-12-18-19(33-18)13-20(25(32)27-17-10-6-5-7-11-17)34-22(29)14-21(28)26(3,4)24(31)16(2)23(15)30/h5-7,10-11,15-16,18-21,23,28,30H,8-9,12-14H2,1-4H3,(H,27,32). The second-order valence-corrected chi connectivity index (χ2v) is 10.3. The number of cyclic esters (lactones) is 1. The first kappa shape index (κ1) is 26.3. The Morgan fingerprint density at radius 1 is 1.06 bits per heavy atom. The number of ketones is 1. The number of aliphatic hydroxyl groups is 2. The highest BCUT2D eigenvalue weighted by molar-refractivity contribution is 5.95. The van der Waals surface area contributed by atoms with Crippen LogP contribution in [0.15, 0.2) is 30.3 Å². The summed E-state index contributed by atoms with van der Waals surface area (Å²) in [6.07, 6.45) is -1.44. The van der Waals surface area contributed by atoms with E-state index in [2.05, 4.69) is 5.32 Å². The monoisotopic (exact) mass is 475 g/mol. The van der Waals surface area contributed by atoms with Gasteiger partial charge in [-0.15, -0.1) is 0 Å². The lowest BCUT2D eigenvalue weighted by Gasteiger charge is -2.34. The molecule has 0 spiro atoms. The van der Waals surface area contributed by atoms with E-state index in [4.69, 9.17) is 9.47 Å². The molecule has 1 amide bonds. The summed E-state index contributed by atoms with van der Waals surface area (Å²) in [6, 6.07) is 8.88. The molecule has 8 heteroatoms. The van der Waals surface area contributed by atoms with Crippen molar-refractivity contribution >= 4 is 23.3 Å². The fraction of sp³-hybridized carbons (Fsp3) is 0.654. The summed E-state index contributed by atoms with van der Waals surface area (Å²) >= 11 is 0. The van der Waals surface area contributed by atoms with Crippen molar-refractivity contribution in [3.63, 3.8) is 0 Å². The number of aliphatic hydroxyl groups excluding tert-OH is 2. The Morgan fingerprint density at radius 2 is 1.74 bits per heavy atom. The summed E-state index contributed by atoms with van der Waals surface area (Å²) in [7, 11) is 0. The quantitative estimate of drug-likeness (QED) is 0.444. The van der Waals surface area contributed by atoms with Gasteiger partial charge in [-0.1, -0.05) is 52.3 Å². The van der Waals surface area contributed by atoms with Gasteiger partial charge < -0.3 is 25.0 Å². The molecule has 8 nitrogen and oxygen atoms in total. The van der Waals surface area contributed by atoms with Crippen molar-refractivity contribution in [1.82, 2.24) is 0 Å². The number of carbonyl (C=O) groups is 3. The Hall–Kier alpha value is -2.29. The Kier molecular flexibility index (Phi) is 8.49. The fourth-order valence-corrected chi connectivity index (χ4v) is 4.63. The predicted molar refractivity (Wildman–Crippen MR) is 126 cm³/mol. The summed E-state index contributed by atoms with van der Waals surface area (Å²) in [5.74, 6) is -2.36. The van der Waals surface area contributed by atoms with Crippen LogP contribution >= 0.6 is 0 Å². The minimum absolute atomic E-state index is 0.0356. The van der Waals surface area contributed by atoms with Crippen LogP contribution in [0.4, 0.5) is 5.69 Å². The number of rotatable bonds is 2. The number of Topliss-reactive ketones (excluding diaryl/α,β-unsaturated/α-hetero) is 1. The molecular formula is C26H37NO7. The third kappa shape index (κ3) is 6.43. The number of benzene rings is 1. The average molecular weight is 476 g/mol. The number of epoxide rings is 1. The van der Waals surface area contributed by atoms with Gasteiger partial charge in [-0.2, -0.15) is 0 Å². The third-order valence-corrected chi connectivity index (χ3v) is 7.23. The number of fused-ring (bicyclic) bond motifs is 1. The van der Waals surface area contributed by atoms with Crippen molar-refractivity contribution in [3.05, 3.63) is 30.3 Å². The Morgan fingerprint density at radius 3 is 2.41 bits per heavy atom. The van der Waals surface area contributed by atoms with Crippen molar-refractivity contribution < 1.29 is 34.1 Å². The molecule has 3 N–H and O–H groups in total. The Balaban J connectivity index is 1.77. The fourth-order valence-electron chi connectivity index (χ4n) is 4.63. The summed E-state index contributed by atoms with van der Waals surface area (Å²) in [5, 5.41) is 24.2. The summed E-state index contributed by atoms with van der Waals surface area (Å²) < 4.78 is 11.2. The lowest BCUT2D eigenvalue weighted by Crippen LogP contribution is -2.46. The van der Waals surface area contributed by atoms with Crippen LogP contribution in [0.1, 0.15) is 59.8 Å². The van der Waals surface area contributed by atoms with Gasteiger partial charge in [-0.3, -0.25) is 14.4 Å². The zero-order chi connectivity index (χ0) is 25.0. The molecule has 1 aromatic rings. The zero-order valence-electron chi connectivity index (χ0n) is 20.4. The summed E-state index contributed by atoms with van der Waals surface area (Å²) in [4.78, 5) is 38.7. The van der Waals surface area contributed by atoms with Crippen LogP contribution in [0.25, 0.3) is 0 Å². The lowest BCUT2D eigenvalue weighted by molar-refractivity contribution is -0.159. The topological polar surface area (TPSA) is 125 Å². The molecule has 7 atom stereocenters. The van der Waals surface area contributed by atoms with Gasteiger partial charge in [-0.05, 0) is 30.9 Å². The van der Waals surface area contributed by atoms with Crippen molar-refractivity contribution in [1.29, 1.82) is 0 Å². The maximum atomic E-state index is 13.1. The van der Waals surface area contributed by atoms with E-state index in [9.17, 15) is 24.6 Å². The molecule has 2 saturated heterocycles. The third-order valence-electron chi connectivity index (χ3n) is 7.23. The number of hydrogen-bond acceptors (Lipinski definition) is 7. The van der Waals surface area contributed by atoms with Crippen molar-refractivity contribution in [2.24, 2.45) is 17.3 Å². The smallest absolute Gasteiger partial charge is 0.309 e. The number of hydrogen-bond donors (Lipinski definition) is 3. The van der Waals surface area contributed by atoms with Gasteiger partial charge in [0.05, 0.1) is 36.3 Å². The predicted octanol–water partition coefficient (Wildman–Crippen LogP) is 2.86. The van der Waals surface area contributed by atoms with Crippen LogP contribution in [0.3, 0.4) is 0 Å². The molecule has 2 aliphatic rings. The van der Waals surface area contributed by atoms with E-state index in [0.29, 0.717) is 5.69 Å². The first-order chi connectivity index (χ1) is 16.0. The normalized spacial score (nSPS) is 35.1. The molecule has 1 aromatic carbocycles. The van der Waals surface area contributed by atoms with Crippen LogP contribution in [-0.4, -0.2) is 58.4 Å². The zero-order valence-corrected chi connectivity index (χ0v) is 20.4. The van der Waals surface area contributed by atoms with Crippen LogP contribution in [0, 0.1) is 17.3 Å². The molecular weight excluding hydrogens is 438 g/mol.